The molecule has 1 aromatic carbocycles. The van der Waals surface area contributed by atoms with E-state index in [1.807, 2.05) is 4.90 Å². The number of aromatic nitrogens is 1. The van der Waals surface area contributed by atoms with Crippen LogP contribution in [0.5, 0.6) is 5.75 Å². The van der Waals surface area contributed by atoms with E-state index in [1.165, 1.54) is 29.6 Å². The van der Waals surface area contributed by atoms with Crippen LogP contribution in [0, 0.1) is 11.3 Å². The number of hydrogen-bond donors (Lipinski definition) is 0. The van der Waals surface area contributed by atoms with Crippen LogP contribution in [0.2, 0.25) is 0 Å². The minimum absolute atomic E-state index is 0.0575. The molecule has 0 N–H and O–H groups in total. The van der Waals surface area contributed by atoms with Crippen LogP contribution in [0.1, 0.15) is 22.3 Å². The Labute approximate surface area is 199 Å². The molecule has 1 amide bonds. The lowest BCUT2D eigenvalue weighted by Gasteiger charge is -2.27. The number of rotatable bonds is 5. The number of hydrogen-bond acceptors (Lipinski definition) is 8. The van der Waals surface area contributed by atoms with Crippen molar-refractivity contribution in [1.29, 1.82) is 5.26 Å². The number of nitrogens with zero attached hydrogens (tertiary/aromatic N) is 5. The lowest BCUT2D eigenvalue weighted by molar-refractivity contribution is 0.0729. The Morgan fingerprint density at radius 1 is 1.12 bits per heavy atom. The van der Waals surface area contributed by atoms with Gasteiger partial charge in [0.15, 0.2) is 0 Å². The Kier molecular flexibility index (Phi) is 7.31. The van der Waals surface area contributed by atoms with Gasteiger partial charge in [-0.1, -0.05) is 0 Å². The summed E-state index contributed by atoms with van der Waals surface area (Å²) < 4.78 is 38.3. The highest BCUT2D eigenvalue weighted by molar-refractivity contribution is 7.89. The second-order valence-electron chi connectivity index (χ2n) is 8.00. The molecular weight excluding hydrogens is 458 g/mol. The van der Waals surface area contributed by atoms with E-state index >= 15 is 0 Å². The normalized spacial score (nSPS) is 17.6. The highest BCUT2D eigenvalue weighted by Gasteiger charge is 2.30. The third-order valence-corrected chi connectivity index (χ3v) is 7.89. The summed E-state index contributed by atoms with van der Waals surface area (Å²) >= 11 is 0. The van der Waals surface area contributed by atoms with Crippen LogP contribution in [0.3, 0.4) is 0 Å². The van der Waals surface area contributed by atoms with Crippen molar-refractivity contribution in [1.82, 2.24) is 14.2 Å². The molecule has 0 bridgehead atoms. The topological polar surface area (TPSA) is 116 Å². The number of benzene rings is 1. The van der Waals surface area contributed by atoms with Crippen molar-refractivity contribution in [3.8, 4) is 11.8 Å². The van der Waals surface area contributed by atoms with Crippen molar-refractivity contribution in [2.24, 2.45) is 0 Å². The maximum Gasteiger partial charge on any atom is 0.257 e. The van der Waals surface area contributed by atoms with Crippen LogP contribution in [-0.4, -0.2) is 88.1 Å². The third kappa shape index (κ3) is 4.84. The van der Waals surface area contributed by atoms with Gasteiger partial charge in [0.1, 0.15) is 17.6 Å². The minimum atomic E-state index is -3.75. The van der Waals surface area contributed by atoms with Crippen LogP contribution in [0.15, 0.2) is 41.4 Å². The Hall–Kier alpha value is -3.20. The molecule has 2 aromatic rings. The van der Waals surface area contributed by atoms with Gasteiger partial charge in [-0.3, -0.25) is 4.79 Å². The minimum Gasteiger partial charge on any atom is -0.496 e. The van der Waals surface area contributed by atoms with Gasteiger partial charge in [-0.2, -0.15) is 9.57 Å². The summed E-state index contributed by atoms with van der Waals surface area (Å²) in [5.41, 5.74) is 0.700. The summed E-state index contributed by atoms with van der Waals surface area (Å²) in [7, 11) is -2.30. The maximum atomic E-state index is 13.5. The summed E-state index contributed by atoms with van der Waals surface area (Å²) in [4.78, 5) is 21.6. The molecule has 2 saturated heterocycles. The number of carbonyl (C=O) groups is 1. The Morgan fingerprint density at radius 2 is 1.91 bits per heavy atom. The Morgan fingerprint density at radius 3 is 2.65 bits per heavy atom. The molecule has 34 heavy (non-hydrogen) atoms. The zero-order valence-corrected chi connectivity index (χ0v) is 19.8. The fourth-order valence-corrected chi connectivity index (χ4v) is 5.62. The van der Waals surface area contributed by atoms with Gasteiger partial charge in [-0.05, 0) is 36.8 Å². The molecule has 0 unspecified atom stereocenters. The van der Waals surface area contributed by atoms with Crippen molar-refractivity contribution in [3.63, 3.8) is 0 Å². The summed E-state index contributed by atoms with van der Waals surface area (Å²) in [6, 6.07) is 10.0. The van der Waals surface area contributed by atoms with Gasteiger partial charge in [0.05, 0.1) is 36.3 Å². The van der Waals surface area contributed by atoms with E-state index in [2.05, 4.69) is 11.1 Å². The van der Waals surface area contributed by atoms with Gasteiger partial charge >= 0.3 is 0 Å². The first-order chi connectivity index (χ1) is 16.5. The van der Waals surface area contributed by atoms with E-state index in [9.17, 15) is 18.5 Å². The number of nitriles is 1. The Balaban J connectivity index is 1.56. The fraction of sp³-hybridized carbons (Fsp3) is 0.435. The molecule has 1 aromatic heterocycles. The third-order valence-electron chi connectivity index (χ3n) is 6.00. The zero-order chi connectivity index (χ0) is 24.1. The van der Waals surface area contributed by atoms with Crippen LogP contribution in [-0.2, 0) is 14.8 Å². The summed E-state index contributed by atoms with van der Waals surface area (Å²) in [6.07, 6.45) is 2.33. The van der Waals surface area contributed by atoms with E-state index < -0.39 is 10.0 Å². The molecule has 180 valence electrons. The lowest BCUT2D eigenvalue weighted by atomic mass is 10.1. The van der Waals surface area contributed by atoms with Crippen molar-refractivity contribution in [2.75, 3.05) is 64.5 Å². The summed E-state index contributed by atoms with van der Waals surface area (Å²) in [6.45, 7) is 3.29. The second kappa shape index (κ2) is 10.4. The number of carbonyl (C=O) groups excluding carboxylic acids is 1. The standard InChI is InChI=1S/C23H27N5O5S/c1-32-21-6-5-19(34(30,31)28-12-14-33-15-13-28)16-20(21)23(29)27-9-3-8-26(10-11-27)22-18(17-24)4-2-7-25-22/h2,4-7,16H,3,8-15H2,1H3. The number of ether oxygens (including phenoxy) is 2. The number of methoxy groups -OCH3 is 1. The van der Waals surface area contributed by atoms with Crippen LogP contribution in [0.4, 0.5) is 5.82 Å². The van der Waals surface area contributed by atoms with E-state index in [0.717, 1.165) is 0 Å². The van der Waals surface area contributed by atoms with E-state index in [1.54, 1.807) is 23.2 Å². The van der Waals surface area contributed by atoms with Crippen molar-refractivity contribution < 1.29 is 22.7 Å². The molecule has 0 spiro atoms. The average molecular weight is 486 g/mol. The molecule has 0 atom stereocenters. The maximum absolute atomic E-state index is 13.5. The number of anilines is 1. The van der Waals surface area contributed by atoms with Crippen LogP contribution in [0.25, 0.3) is 0 Å². The van der Waals surface area contributed by atoms with Crippen molar-refractivity contribution >= 4 is 21.7 Å². The van der Waals surface area contributed by atoms with Gasteiger partial charge in [-0.15, -0.1) is 0 Å². The average Bonchev–Trinajstić information content (AvgIpc) is 3.14. The molecule has 11 heteroatoms. The largest absolute Gasteiger partial charge is 0.496 e. The quantitative estimate of drug-likeness (QED) is 0.623. The molecule has 2 aliphatic heterocycles. The van der Waals surface area contributed by atoms with Crippen molar-refractivity contribution in [2.45, 2.75) is 11.3 Å². The highest BCUT2D eigenvalue weighted by Crippen LogP contribution is 2.27. The molecule has 2 aliphatic rings. The zero-order valence-electron chi connectivity index (χ0n) is 19.0. The molecule has 0 saturated carbocycles. The van der Waals surface area contributed by atoms with Crippen LogP contribution >= 0.6 is 0 Å². The molecule has 4 rings (SSSR count). The predicted molar refractivity (Wildman–Crippen MR) is 124 cm³/mol. The molecule has 0 radical (unpaired) electrons. The second-order valence-corrected chi connectivity index (χ2v) is 9.94. The first kappa shape index (κ1) is 23.9. The molecule has 10 nitrogen and oxygen atoms in total. The number of amides is 1. The smallest absolute Gasteiger partial charge is 0.257 e. The Bertz CT molecular complexity index is 1190. The molecule has 3 heterocycles. The van der Waals surface area contributed by atoms with Gasteiger partial charge in [0.25, 0.3) is 5.91 Å². The van der Waals surface area contributed by atoms with Gasteiger partial charge in [-0.25, -0.2) is 13.4 Å². The SMILES string of the molecule is COc1ccc(S(=O)(=O)N2CCOCC2)cc1C(=O)N1CCCN(c2ncccc2C#N)CC1. The highest BCUT2D eigenvalue weighted by atomic mass is 32.2. The van der Waals surface area contributed by atoms with Gasteiger partial charge < -0.3 is 19.3 Å². The summed E-state index contributed by atoms with van der Waals surface area (Å²) in [5.74, 6) is 0.637. The first-order valence-electron chi connectivity index (χ1n) is 11.1. The van der Waals surface area contributed by atoms with Crippen molar-refractivity contribution in [3.05, 3.63) is 47.7 Å². The summed E-state index contributed by atoms with van der Waals surface area (Å²) in [5, 5.41) is 9.40. The van der Waals surface area contributed by atoms with E-state index in [4.69, 9.17) is 9.47 Å². The predicted octanol–water partition coefficient (Wildman–Crippen LogP) is 1.34. The number of sulfonamides is 1. The first-order valence-corrected chi connectivity index (χ1v) is 12.5. The van der Waals surface area contributed by atoms with E-state index in [-0.39, 0.29) is 29.5 Å². The molecule has 2 fully saturated rings. The number of pyridine rings is 1. The van der Waals surface area contributed by atoms with Gasteiger partial charge in [0.2, 0.25) is 10.0 Å². The van der Waals surface area contributed by atoms with Crippen LogP contribution < -0.4 is 9.64 Å². The lowest BCUT2D eigenvalue weighted by Crippen LogP contribution is -2.40. The molecular formula is C23H27N5O5S. The molecule has 0 aliphatic carbocycles. The number of morpholine rings is 1. The monoisotopic (exact) mass is 485 g/mol. The fourth-order valence-electron chi connectivity index (χ4n) is 4.19. The van der Waals surface area contributed by atoms with E-state index in [0.29, 0.717) is 62.9 Å². The van der Waals surface area contributed by atoms with Gasteiger partial charge in [0, 0.05) is 45.5 Å².